The zero-order chi connectivity index (χ0) is 20.8. The first-order chi connectivity index (χ1) is 13.7. The molecular weight excluding hydrogens is 415 g/mol. The first kappa shape index (κ1) is 19.2. The number of thiazole rings is 1. The van der Waals surface area contributed by atoms with Crippen LogP contribution in [-0.2, 0) is 9.84 Å². The Kier molecular flexibility index (Phi) is 4.67. The van der Waals surface area contributed by atoms with Gasteiger partial charge in [0.15, 0.2) is 9.84 Å². The Morgan fingerprint density at radius 3 is 2.69 bits per heavy atom. The van der Waals surface area contributed by atoms with Crippen LogP contribution in [0.25, 0.3) is 15.3 Å². The number of anilines is 1. The SMILES string of the molecule is Cc1cc(NC(=O)c2ccccc2S(C)(=O)=O)n(-c2nc3ccc(F)cc3s2)n1. The molecule has 0 saturated carbocycles. The maximum Gasteiger partial charge on any atom is 0.258 e. The smallest absolute Gasteiger partial charge is 0.258 e. The van der Waals surface area contributed by atoms with Crippen molar-refractivity contribution in [1.29, 1.82) is 0 Å². The van der Waals surface area contributed by atoms with Crippen LogP contribution in [0.2, 0.25) is 0 Å². The summed E-state index contributed by atoms with van der Waals surface area (Å²) in [7, 11) is -3.58. The number of nitrogens with one attached hydrogen (secondary N) is 1. The zero-order valence-corrected chi connectivity index (χ0v) is 17.0. The third-order valence-corrected chi connectivity index (χ3v) is 6.27. The highest BCUT2D eigenvalue weighted by Crippen LogP contribution is 2.28. The monoisotopic (exact) mass is 430 g/mol. The third-order valence-electron chi connectivity index (χ3n) is 4.12. The lowest BCUT2D eigenvalue weighted by molar-refractivity contribution is 0.102. The molecule has 0 atom stereocenters. The van der Waals surface area contributed by atoms with Crippen LogP contribution in [0, 0.1) is 12.7 Å². The Balaban J connectivity index is 1.73. The normalized spacial score (nSPS) is 11.7. The summed E-state index contributed by atoms with van der Waals surface area (Å²) >= 11 is 1.22. The van der Waals surface area contributed by atoms with Crippen LogP contribution < -0.4 is 5.32 Å². The van der Waals surface area contributed by atoms with Crippen LogP contribution in [0.1, 0.15) is 16.1 Å². The van der Waals surface area contributed by atoms with Gasteiger partial charge in [0.1, 0.15) is 11.6 Å². The van der Waals surface area contributed by atoms with Gasteiger partial charge in [-0.3, -0.25) is 4.79 Å². The lowest BCUT2D eigenvalue weighted by Gasteiger charge is -2.09. The average molecular weight is 430 g/mol. The Bertz CT molecular complexity index is 1360. The number of benzene rings is 2. The van der Waals surface area contributed by atoms with E-state index >= 15 is 0 Å². The van der Waals surface area contributed by atoms with Gasteiger partial charge in [-0.2, -0.15) is 9.78 Å². The van der Waals surface area contributed by atoms with E-state index in [1.54, 1.807) is 31.2 Å². The Morgan fingerprint density at radius 1 is 1.17 bits per heavy atom. The minimum Gasteiger partial charge on any atom is -0.306 e. The van der Waals surface area contributed by atoms with E-state index in [-0.39, 0.29) is 16.3 Å². The van der Waals surface area contributed by atoms with Gasteiger partial charge in [-0.1, -0.05) is 23.5 Å². The van der Waals surface area contributed by atoms with Crippen molar-refractivity contribution in [2.45, 2.75) is 11.8 Å². The Labute approximate surface area is 169 Å². The maximum atomic E-state index is 13.5. The number of hydrogen-bond donors (Lipinski definition) is 1. The van der Waals surface area contributed by atoms with Gasteiger partial charge in [-0.05, 0) is 37.3 Å². The number of aromatic nitrogens is 3. The van der Waals surface area contributed by atoms with Gasteiger partial charge >= 0.3 is 0 Å². The van der Waals surface area contributed by atoms with E-state index < -0.39 is 15.7 Å². The third kappa shape index (κ3) is 3.76. The van der Waals surface area contributed by atoms with Gasteiger partial charge in [-0.15, -0.1) is 0 Å². The fraction of sp³-hybridized carbons (Fsp3) is 0.105. The highest BCUT2D eigenvalue weighted by Gasteiger charge is 2.20. The van der Waals surface area contributed by atoms with Gasteiger partial charge in [-0.25, -0.2) is 17.8 Å². The Morgan fingerprint density at radius 2 is 1.93 bits per heavy atom. The van der Waals surface area contributed by atoms with Crippen LogP contribution in [0.3, 0.4) is 0 Å². The molecule has 0 saturated heterocycles. The molecule has 0 fully saturated rings. The lowest BCUT2D eigenvalue weighted by Crippen LogP contribution is -2.18. The molecule has 2 heterocycles. The first-order valence-electron chi connectivity index (χ1n) is 8.46. The van der Waals surface area contributed by atoms with Crippen LogP contribution in [0.4, 0.5) is 10.2 Å². The van der Waals surface area contributed by atoms with Gasteiger partial charge in [0.05, 0.1) is 26.4 Å². The van der Waals surface area contributed by atoms with E-state index in [0.717, 1.165) is 6.26 Å². The molecule has 0 spiro atoms. The summed E-state index contributed by atoms with van der Waals surface area (Å²) in [6.07, 6.45) is 1.05. The molecule has 148 valence electrons. The molecule has 0 aliphatic carbocycles. The van der Waals surface area contributed by atoms with Crippen LogP contribution in [0.5, 0.6) is 0 Å². The second-order valence-corrected chi connectivity index (χ2v) is 9.41. The molecule has 0 aliphatic heterocycles. The van der Waals surface area contributed by atoms with Crippen LogP contribution in [-0.4, -0.2) is 35.3 Å². The fourth-order valence-electron chi connectivity index (χ4n) is 2.87. The topological polar surface area (TPSA) is 94.0 Å². The molecule has 4 aromatic rings. The molecule has 0 bridgehead atoms. The van der Waals surface area contributed by atoms with Crippen LogP contribution >= 0.6 is 11.3 Å². The van der Waals surface area contributed by atoms with Crippen LogP contribution in [0.15, 0.2) is 53.4 Å². The van der Waals surface area contributed by atoms with E-state index in [1.165, 1.54) is 40.3 Å². The average Bonchev–Trinajstić information content (AvgIpc) is 3.23. The predicted octanol–water partition coefficient (Wildman–Crippen LogP) is 3.59. The Hall–Kier alpha value is -3.11. The number of rotatable bonds is 4. The molecule has 7 nitrogen and oxygen atoms in total. The molecule has 2 aromatic carbocycles. The van der Waals surface area contributed by atoms with Crippen molar-refractivity contribution < 1.29 is 17.6 Å². The molecule has 2 aromatic heterocycles. The number of carbonyl (C=O) groups excluding carboxylic acids is 1. The van der Waals surface area contributed by atoms with Crippen molar-refractivity contribution in [2.24, 2.45) is 0 Å². The van der Waals surface area contributed by atoms with Gasteiger partial charge < -0.3 is 5.32 Å². The van der Waals surface area contributed by atoms with Crippen molar-refractivity contribution in [3.05, 3.63) is 65.6 Å². The highest BCUT2D eigenvalue weighted by atomic mass is 32.2. The molecular formula is C19H15FN4O3S2. The number of halogens is 1. The van der Waals surface area contributed by atoms with E-state index in [4.69, 9.17) is 0 Å². The summed E-state index contributed by atoms with van der Waals surface area (Å²) in [5, 5.41) is 7.51. The second kappa shape index (κ2) is 7.05. The molecule has 10 heteroatoms. The summed E-state index contributed by atoms with van der Waals surface area (Å²) in [4.78, 5) is 17.2. The summed E-state index contributed by atoms with van der Waals surface area (Å²) < 4.78 is 39.6. The van der Waals surface area contributed by atoms with Gasteiger partial charge in [0.25, 0.3) is 5.91 Å². The molecule has 1 amide bonds. The first-order valence-corrected chi connectivity index (χ1v) is 11.2. The number of sulfone groups is 1. The largest absolute Gasteiger partial charge is 0.306 e. The van der Waals surface area contributed by atoms with Gasteiger partial charge in [0.2, 0.25) is 5.13 Å². The van der Waals surface area contributed by atoms with Crippen molar-refractivity contribution in [2.75, 3.05) is 11.6 Å². The second-order valence-electron chi connectivity index (χ2n) is 6.41. The van der Waals surface area contributed by atoms with E-state index in [0.29, 0.717) is 26.9 Å². The van der Waals surface area contributed by atoms with Crippen molar-refractivity contribution >= 4 is 43.1 Å². The zero-order valence-electron chi connectivity index (χ0n) is 15.4. The number of nitrogens with zero attached hydrogens (tertiary/aromatic N) is 3. The van der Waals surface area contributed by atoms with Crippen molar-refractivity contribution in [1.82, 2.24) is 14.8 Å². The lowest BCUT2D eigenvalue weighted by atomic mass is 10.2. The van der Waals surface area contributed by atoms with Crippen molar-refractivity contribution in [3.63, 3.8) is 0 Å². The maximum absolute atomic E-state index is 13.5. The quantitative estimate of drug-likeness (QED) is 0.534. The standard InChI is InChI=1S/C19H15FN4O3S2/c1-11-9-17(22-18(25)13-5-3-4-6-16(13)29(2,26)27)24(23-11)19-21-14-8-7-12(20)10-15(14)28-19/h3-10H,1-2H3,(H,22,25). The molecule has 4 rings (SSSR count). The molecule has 29 heavy (non-hydrogen) atoms. The van der Waals surface area contributed by atoms with E-state index in [1.807, 2.05) is 0 Å². The van der Waals surface area contributed by atoms with Crippen molar-refractivity contribution in [3.8, 4) is 5.13 Å². The number of carbonyl (C=O) groups is 1. The van der Waals surface area contributed by atoms with E-state index in [2.05, 4.69) is 15.4 Å². The number of fused-ring (bicyclic) bond motifs is 1. The summed E-state index contributed by atoms with van der Waals surface area (Å²) in [5.41, 5.74) is 1.27. The number of amides is 1. The van der Waals surface area contributed by atoms with E-state index in [9.17, 15) is 17.6 Å². The summed E-state index contributed by atoms with van der Waals surface area (Å²) in [6.45, 7) is 1.75. The number of aryl methyl sites for hydroxylation is 1. The predicted molar refractivity (Wildman–Crippen MR) is 109 cm³/mol. The molecule has 0 aliphatic rings. The molecule has 1 N–H and O–H groups in total. The minimum absolute atomic E-state index is 0.0341. The fourth-order valence-corrected chi connectivity index (χ4v) is 4.71. The molecule has 0 unspecified atom stereocenters. The molecule has 0 radical (unpaired) electrons. The highest BCUT2D eigenvalue weighted by molar-refractivity contribution is 7.90. The number of hydrogen-bond acceptors (Lipinski definition) is 6. The van der Waals surface area contributed by atoms with Gasteiger partial charge in [0, 0.05) is 12.3 Å². The minimum atomic E-state index is -3.58. The summed E-state index contributed by atoms with van der Waals surface area (Å²) in [6, 6.07) is 11.9. The summed E-state index contributed by atoms with van der Waals surface area (Å²) in [5.74, 6) is -0.620.